The van der Waals surface area contributed by atoms with Crippen LogP contribution in [0, 0.1) is 5.41 Å². The maximum Gasteiger partial charge on any atom is 1.00 e. The molecule has 0 rings (SSSR count). The van der Waals surface area contributed by atoms with Crippen LogP contribution in [0.1, 0.15) is 91.8 Å². The topological polar surface area (TPSA) is 74.6 Å². The van der Waals surface area contributed by atoms with E-state index in [4.69, 9.17) is 5.11 Å². The Hall–Kier alpha value is -0.320. The first-order valence-electron chi connectivity index (χ1n) is 9.04. The zero-order chi connectivity index (χ0) is 17.6. The first kappa shape index (κ1) is 25.9. The Morgan fingerprint density at radius 3 is 1.79 bits per heavy atom. The molecule has 0 bridgehead atoms. The third-order valence-electron chi connectivity index (χ3n) is 4.49. The van der Waals surface area contributed by atoms with Crippen LogP contribution in [0.15, 0.2) is 12.7 Å². The maximum atomic E-state index is 11.5. The van der Waals surface area contributed by atoms with Crippen LogP contribution in [0.4, 0.5) is 0 Å². The van der Waals surface area contributed by atoms with Crippen molar-refractivity contribution in [3.8, 4) is 0 Å². The van der Waals surface area contributed by atoms with Crippen LogP contribution in [-0.4, -0.2) is 22.2 Å². The molecule has 0 amide bonds. The molecule has 1 atom stereocenters. The molecule has 136 valence electrons. The Labute approximate surface area is 170 Å². The summed E-state index contributed by atoms with van der Waals surface area (Å²) in [4.78, 5) is 22.5. The summed E-state index contributed by atoms with van der Waals surface area (Å²) >= 11 is 0. The number of carboxylic acids is 2. The molecule has 0 saturated carbocycles. The van der Waals surface area contributed by atoms with Crippen LogP contribution in [0.5, 0.6) is 0 Å². The molecule has 0 aliphatic rings. The van der Waals surface area contributed by atoms with E-state index in [2.05, 4.69) is 13.5 Å². The van der Waals surface area contributed by atoms with Crippen molar-refractivity contribution in [2.24, 2.45) is 5.41 Å². The van der Waals surface area contributed by atoms with Crippen molar-refractivity contribution in [3.05, 3.63) is 12.7 Å². The zero-order valence-corrected chi connectivity index (χ0v) is 17.7. The fourth-order valence-corrected chi connectivity index (χ4v) is 3.05. The number of hydrogen-bond donors (Lipinski definition) is 2. The molecule has 0 aliphatic heterocycles. The van der Waals surface area contributed by atoms with Gasteiger partial charge in [-0.15, -0.1) is 6.58 Å². The first-order valence-corrected chi connectivity index (χ1v) is 9.04. The molecule has 24 heavy (non-hydrogen) atoms. The average molecular weight is 350 g/mol. The van der Waals surface area contributed by atoms with Gasteiger partial charge in [-0.1, -0.05) is 77.2 Å². The van der Waals surface area contributed by atoms with Gasteiger partial charge in [0, 0.05) is 0 Å². The Balaban J connectivity index is -0.00000242. The van der Waals surface area contributed by atoms with Gasteiger partial charge in [0.25, 0.3) is 0 Å². The Kier molecular flexibility index (Phi) is 17.5. The number of carboxylic acid groups (broad SMARTS) is 2. The summed E-state index contributed by atoms with van der Waals surface area (Å²) in [5.74, 6) is -2.07. The van der Waals surface area contributed by atoms with Crippen LogP contribution in [0.25, 0.3) is 0 Å². The molecule has 4 nitrogen and oxygen atoms in total. The van der Waals surface area contributed by atoms with Crippen LogP contribution >= 0.6 is 0 Å². The van der Waals surface area contributed by atoms with E-state index in [9.17, 15) is 14.7 Å². The van der Waals surface area contributed by atoms with Gasteiger partial charge in [-0.25, -0.2) is 0 Å². The van der Waals surface area contributed by atoms with E-state index in [1.54, 1.807) is 0 Å². The molecule has 1 unspecified atom stereocenters. The number of unbranched alkanes of at least 4 members (excludes halogenated alkanes) is 9. The first-order chi connectivity index (χ1) is 11.0. The second-order valence-corrected chi connectivity index (χ2v) is 6.58. The molecule has 0 aromatic carbocycles. The third-order valence-corrected chi connectivity index (χ3v) is 4.49. The standard InChI is InChI=1S/C19H34O4.Na.H/c1-3-5-6-7-8-9-10-11-12-13-15-19(14-4-2,18(22)23)16-17(20)21;;/h4H,2-3,5-16H2,1H3,(H,20,21)(H,22,23);;/q;+1;-1. The predicted octanol–water partition coefficient (Wildman–Crippen LogP) is 2.54. The normalized spacial score (nSPS) is 12.9. The van der Waals surface area contributed by atoms with Gasteiger partial charge in [-0.2, -0.15) is 0 Å². The Morgan fingerprint density at radius 1 is 0.958 bits per heavy atom. The fraction of sp³-hybridized carbons (Fsp3) is 0.789. The van der Waals surface area contributed by atoms with E-state index in [1.165, 1.54) is 51.0 Å². The maximum absolute atomic E-state index is 11.5. The van der Waals surface area contributed by atoms with Crippen LogP contribution in [0.2, 0.25) is 0 Å². The molecule has 0 aromatic heterocycles. The van der Waals surface area contributed by atoms with Gasteiger partial charge in [0.1, 0.15) is 0 Å². The van der Waals surface area contributed by atoms with Crippen LogP contribution in [0.3, 0.4) is 0 Å². The van der Waals surface area contributed by atoms with Gasteiger partial charge in [0.15, 0.2) is 0 Å². The van der Waals surface area contributed by atoms with E-state index < -0.39 is 17.4 Å². The molecule has 0 saturated heterocycles. The van der Waals surface area contributed by atoms with Gasteiger partial charge < -0.3 is 11.6 Å². The van der Waals surface area contributed by atoms with Gasteiger partial charge in [0.2, 0.25) is 0 Å². The number of carbonyl (C=O) groups is 2. The van der Waals surface area contributed by atoms with Crippen molar-refractivity contribution in [1.82, 2.24) is 0 Å². The SMILES string of the molecule is C=CCC(CCCCCCCCCCCC)(CC(=O)O)C(=O)O.[H-].[Na+]. The molecular weight excluding hydrogens is 315 g/mol. The summed E-state index contributed by atoms with van der Waals surface area (Å²) in [6.07, 6.45) is 13.6. The van der Waals surface area contributed by atoms with Gasteiger partial charge >= 0.3 is 41.5 Å². The molecular formula is C19H35NaO4. The molecule has 0 aromatic rings. The van der Waals surface area contributed by atoms with E-state index in [0.717, 1.165) is 19.3 Å². The van der Waals surface area contributed by atoms with Crippen molar-refractivity contribution in [3.63, 3.8) is 0 Å². The zero-order valence-electron chi connectivity index (χ0n) is 16.7. The summed E-state index contributed by atoms with van der Waals surface area (Å²) < 4.78 is 0. The molecule has 0 spiro atoms. The summed E-state index contributed by atoms with van der Waals surface area (Å²) in [6.45, 7) is 5.79. The minimum Gasteiger partial charge on any atom is -1.00 e. The molecule has 0 heterocycles. The monoisotopic (exact) mass is 350 g/mol. The van der Waals surface area contributed by atoms with Crippen molar-refractivity contribution in [1.29, 1.82) is 0 Å². The minimum absolute atomic E-state index is 0. The predicted molar refractivity (Wildman–Crippen MR) is 94.7 cm³/mol. The number of hydrogen-bond acceptors (Lipinski definition) is 2. The quantitative estimate of drug-likeness (QED) is 0.255. The van der Waals surface area contributed by atoms with E-state index >= 15 is 0 Å². The smallest absolute Gasteiger partial charge is 1.00 e. The average Bonchev–Trinajstić information content (AvgIpc) is 2.48. The minimum atomic E-state index is -1.19. The van der Waals surface area contributed by atoms with Gasteiger partial charge in [0.05, 0.1) is 11.8 Å². The van der Waals surface area contributed by atoms with Gasteiger partial charge in [-0.05, 0) is 12.8 Å². The van der Waals surface area contributed by atoms with Crippen molar-refractivity contribution < 1.29 is 50.8 Å². The summed E-state index contributed by atoms with van der Waals surface area (Å²) in [6, 6.07) is 0. The summed E-state index contributed by atoms with van der Waals surface area (Å²) in [5, 5.41) is 18.4. The van der Waals surface area contributed by atoms with Crippen molar-refractivity contribution in [2.75, 3.05) is 0 Å². The molecule has 0 aliphatic carbocycles. The van der Waals surface area contributed by atoms with Gasteiger partial charge in [-0.3, -0.25) is 9.59 Å². The van der Waals surface area contributed by atoms with E-state index in [1.807, 2.05) is 0 Å². The summed E-state index contributed by atoms with van der Waals surface area (Å²) in [5.41, 5.74) is -1.19. The Bertz CT molecular complexity index is 363. The summed E-state index contributed by atoms with van der Waals surface area (Å²) in [7, 11) is 0. The van der Waals surface area contributed by atoms with E-state index in [-0.39, 0.29) is 43.8 Å². The number of rotatable bonds is 16. The van der Waals surface area contributed by atoms with E-state index in [0.29, 0.717) is 6.42 Å². The fourth-order valence-electron chi connectivity index (χ4n) is 3.05. The molecule has 0 fully saturated rings. The number of aliphatic carboxylic acids is 2. The van der Waals surface area contributed by atoms with Crippen molar-refractivity contribution in [2.45, 2.75) is 90.4 Å². The van der Waals surface area contributed by atoms with Crippen LogP contribution in [-0.2, 0) is 9.59 Å². The third kappa shape index (κ3) is 12.1. The second-order valence-electron chi connectivity index (χ2n) is 6.58. The Morgan fingerprint density at radius 2 is 1.42 bits per heavy atom. The van der Waals surface area contributed by atoms with Crippen molar-refractivity contribution >= 4 is 11.9 Å². The molecule has 2 N–H and O–H groups in total. The molecule has 0 radical (unpaired) electrons. The van der Waals surface area contributed by atoms with Crippen LogP contribution < -0.4 is 29.6 Å². The largest absolute Gasteiger partial charge is 1.00 e. The second kappa shape index (κ2) is 16.2. The molecule has 5 heteroatoms. The number of allylic oxidation sites excluding steroid dienone is 1.